The standard InChI is InChI=1S/C15H8Cl2N2O4/c16-10-3-1-2-8(12(10)17)11-5-4-7(23-11)6-9-13(20)18-15(22)19-14(9)21/h1-6H,(H2,18,19,20,21,22). The van der Waals surface area contributed by atoms with Crippen LogP contribution < -0.4 is 10.6 Å². The second-order valence-electron chi connectivity index (χ2n) is 4.60. The minimum atomic E-state index is -0.858. The van der Waals surface area contributed by atoms with Crippen LogP contribution in [-0.4, -0.2) is 17.8 Å². The SMILES string of the molecule is O=C1NC(=O)C(=Cc2ccc(-c3cccc(Cl)c3Cl)o2)C(=O)N1. The van der Waals surface area contributed by atoms with Gasteiger partial charge in [-0.15, -0.1) is 0 Å². The minimum Gasteiger partial charge on any atom is -0.457 e. The van der Waals surface area contributed by atoms with Gasteiger partial charge in [0.15, 0.2) is 0 Å². The van der Waals surface area contributed by atoms with Gasteiger partial charge in [-0.25, -0.2) is 4.79 Å². The van der Waals surface area contributed by atoms with E-state index in [9.17, 15) is 14.4 Å². The Morgan fingerprint density at radius 3 is 2.35 bits per heavy atom. The zero-order valence-corrected chi connectivity index (χ0v) is 12.9. The van der Waals surface area contributed by atoms with Crippen molar-refractivity contribution >= 4 is 47.1 Å². The molecule has 1 fully saturated rings. The highest BCUT2D eigenvalue weighted by Gasteiger charge is 2.28. The van der Waals surface area contributed by atoms with Crippen molar-refractivity contribution in [3.63, 3.8) is 0 Å². The molecule has 2 N–H and O–H groups in total. The van der Waals surface area contributed by atoms with E-state index in [1.54, 1.807) is 30.3 Å². The number of urea groups is 1. The molecule has 0 aliphatic carbocycles. The van der Waals surface area contributed by atoms with Crippen LogP contribution in [0.25, 0.3) is 17.4 Å². The van der Waals surface area contributed by atoms with Crippen molar-refractivity contribution in [1.82, 2.24) is 10.6 Å². The second kappa shape index (κ2) is 5.91. The number of benzene rings is 1. The molecule has 0 bridgehead atoms. The van der Waals surface area contributed by atoms with Crippen molar-refractivity contribution in [3.8, 4) is 11.3 Å². The highest BCUT2D eigenvalue weighted by molar-refractivity contribution is 6.43. The van der Waals surface area contributed by atoms with Gasteiger partial charge in [0.2, 0.25) is 0 Å². The molecule has 0 radical (unpaired) electrons. The maximum Gasteiger partial charge on any atom is 0.328 e. The largest absolute Gasteiger partial charge is 0.457 e. The van der Waals surface area contributed by atoms with E-state index in [1.165, 1.54) is 6.08 Å². The van der Waals surface area contributed by atoms with Gasteiger partial charge in [0.1, 0.15) is 17.1 Å². The molecule has 0 saturated carbocycles. The summed E-state index contributed by atoms with van der Waals surface area (Å²) in [6.07, 6.45) is 1.24. The van der Waals surface area contributed by atoms with Crippen LogP contribution in [0.3, 0.4) is 0 Å². The van der Waals surface area contributed by atoms with E-state index in [1.807, 2.05) is 10.6 Å². The highest BCUT2D eigenvalue weighted by Crippen LogP contribution is 2.34. The van der Waals surface area contributed by atoms with Crippen molar-refractivity contribution < 1.29 is 18.8 Å². The lowest BCUT2D eigenvalue weighted by Crippen LogP contribution is -2.51. The monoisotopic (exact) mass is 350 g/mol. The van der Waals surface area contributed by atoms with Crippen LogP contribution in [0.15, 0.2) is 40.3 Å². The summed E-state index contributed by atoms with van der Waals surface area (Å²) in [5, 5.41) is 4.67. The van der Waals surface area contributed by atoms with E-state index in [-0.39, 0.29) is 11.3 Å². The first-order valence-corrected chi connectivity index (χ1v) is 7.14. The van der Waals surface area contributed by atoms with Gasteiger partial charge in [-0.1, -0.05) is 29.3 Å². The van der Waals surface area contributed by atoms with Crippen molar-refractivity contribution in [3.05, 3.63) is 51.7 Å². The number of hydrogen-bond acceptors (Lipinski definition) is 4. The Morgan fingerprint density at radius 1 is 0.957 bits per heavy atom. The van der Waals surface area contributed by atoms with Crippen molar-refractivity contribution in [2.45, 2.75) is 0 Å². The Kier molecular flexibility index (Phi) is 3.94. The number of barbiturate groups is 1. The molecule has 0 spiro atoms. The smallest absolute Gasteiger partial charge is 0.328 e. The molecule has 1 aromatic heterocycles. The number of rotatable bonds is 2. The Morgan fingerprint density at radius 2 is 1.65 bits per heavy atom. The summed E-state index contributed by atoms with van der Waals surface area (Å²) in [5.74, 6) is -0.905. The van der Waals surface area contributed by atoms with Crippen molar-refractivity contribution in [2.75, 3.05) is 0 Å². The zero-order valence-electron chi connectivity index (χ0n) is 11.4. The topological polar surface area (TPSA) is 88.4 Å². The molecule has 1 saturated heterocycles. The normalized spacial score (nSPS) is 14.5. The molecular weight excluding hydrogens is 343 g/mol. The molecule has 1 aliphatic heterocycles. The van der Waals surface area contributed by atoms with Gasteiger partial charge >= 0.3 is 6.03 Å². The predicted molar refractivity (Wildman–Crippen MR) is 83.8 cm³/mol. The molecule has 2 heterocycles. The molecule has 8 heteroatoms. The molecule has 0 unspecified atom stereocenters. The van der Waals surface area contributed by atoms with E-state index in [2.05, 4.69) is 0 Å². The first kappa shape index (κ1) is 15.3. The summed E-state index contributed by atoms with van der Waals surface area (Å²) in [5.41, 5.74) is 0.347. The zero-order chi connectivity index (χ0) is 16.6. The fourth-order valence-corrected chi connectivity index (χ4v) is 2.41. The lowest BCUT2D eigenvalue weighted by molar-refractivity contribution is -0.123. The molecule has 3 rings (SSSR count). The van der Waals surface area contributed by atoms with Crippen LogP contribution in [0.1, 0.15) is 5.76 Å². The van der Waals surface area contributed by atoms with E-state index in [0.717, 1.165) is 0 Å². The lowest BCUT2D eigenvalue weighted by Gasteiger charge is -2.13. The summed E-state index contributed by atoms with van der Waals surface area (Å²) in [7, 11) is 0. The molecule has 23 heavy (non-hydrogen) atoms. The van der Waals surface area contributed by atoms with Gasteiger partial charge in [-0.2, -0.15) is 0 Å². The van der Waals surface area contributed by atoms with E-state index in [0.29, 0.717) is 21.4 Å². The first-order chi connectivity index (χ1) is 11.0. The average molecular weight is 351 g/mol. The molecule has 116 valence electrons. The maximum absolute atomic E-state index is 11.7. The number of imide groups is 2. The molecule has 2 aromatic rings. The summed E-state index contributed by atoms with van der Waals surface area (Å²) in [6.45, 7) is 0. The molecule has 4 amide bonds. The average Bonchev–Trinajstić information content (AvgIpc) is 2.94. The number of carbonyl (C=O) groups excluding carboxylic acids is 3. The summed E-state index contributed by atoms with van der Waals surface area (Å²) >= 11 is 12.1. The molecular formula is C15H8Cl2N2O4. The molecule has 1 aliphatic rings. The third-order valence-electron chi connectivity index (χ3n) is 3.07. The van der Waals surface area contributed by atoms with Gasteiger partial charge in [0.25, 0.3) is 11.8 Å². The van der Waals surface area contributed by atoms with E-state index >= 15 is 0 Å². The molecule has 0 atom stereocenters. The highest BCUT2D eigenvalue weighted by atomic mass is 35.5. The van der Waals surface area contributed by atoms with Crippen LogP contribution >= 0.6 is 23.2 Å². The summed E-state index contributed by atoms with van der Waals surface area (Å²) in [6, 6.07) is 7.43. The van der Waals surface area contributed by atoms with Gasteiger partial charge in [-0.3, -0.25) is 20.2 Å². The van der Waals surface area contributed by atoms with Gasteiger partial charge < -0.3 is 4.42 Å². The maximum atomic E-state index is 11.7. The Hall–Kier alpha value is -2.57. The Balaban J connectivity index is 1.95. The predicted octanol–water partition coefficient (Wildman–Crippen LogP) is 3.00. The van der Waals surface area contributed by atoms with Gasteiger partial charge in [-0.05, 0) is 30.3 Å². The number of amides is 4. The Labute approximate surface area is 140 Å². The number of halogens is 2. The van der Waals surface area contributed by atoms with Crippen LogP contribution in [0, 0.1) is 0 Å². The van der Waals surface area contributed by atoms with Crippen molar-refractivity contribution in [1.29, 1.82) is 0 Å². The number of carbonyl (C=O) groups is 3. The third kappa shape index (κ3) is 2.99. The van der Waals surface area contributed by atoms with Crippen LogP contribution in [-0.2, 0) is 9.59 Å². The van der Waals surface area contributed by atoms with E-state index in [4.69, 9.17) is 27.6 Å². The fourth-order valence-electron chi connectivity index (χ4n) is 2.02. The van der Waals surface area contributed by atoms with Crippen LogP contribution in [0.2, 0.25) is 10.0 Å². The van der Waals surface area contributed by atoms with Gasteiger partial charge in [0, 0.05) is 5.56 Å². The number of furan rings is 1. The van der Waals surface area contributed by atoms with Crippen LogP contribution in [0.5, 0.6) is 0 Å². The quantitative estimate of drug-likeness (QED) is 0.643. The van der Waals surface area contributed by atoms with Crippen LogP contribution in [0.4, 0.5) is 4.79 Å². The number of hydrogen-bond donors (Lipinski definition) is 2. The third-order valence-corrected chi connectivity index (χ3v) is 3.89. The second-order valence-corrected chi connectivity index (χ2v) is 5.38. The Bertz CT molecular complexity index is 848. The molecule has 6 nitrogen and oxygen atoms in total. The summed E-state index contributed by atoms with van der Waals surface area (Å²) < 4.78 is 5.57. The fraction of sp³-hybridized carbons (Fsp3) is 0. The lowest BCUT2D eigenvalue weighted by atomic mass is 10.1. The van der Waals surface area contributed by atoms with Gasteiger partial charge in [0.05, 0.1) is 10.0 Å². The van der Waals surface area contributed by atoms with E-state index < -0.39 is 17.8 Å². The first-order valence-electron chi connectivity index (χ1n) is 6.38. The minimum absolute atomic E-state index is 0.234. The summed E-state index contributed by atoms with van der Waals surface area (Å²) in [4.78, 5) is 34.3. The van der Waals surface area contributed by atoms with Crippen molar-refractivity contribution in [2.24, 2.45) is 0 Å². The number of nitrogens with one attached hydrogen (secondary N) is 2. The molecule has 1 aromatic carbocycles.